The number of amides is 1. The van der Waals surface area contributed by atoms with Gasteiger partial charge in [-0.25, -0.2) is 9.59 Å². The van der Waals surface area contributed by atoms with Crippen molar-refractivity contribution in [2.75, 3.05) is 19.0 Å². The lowest BCUT2D eigenvalue weighted by atomic mass is 10.1. The number of benzene rings is 2. The van der Waals surface area contributed by atoms with Crippen LogP contribution in [-0.2, 0) is 14.3 Å². The molecule has 2 aromatic carbocycles. The average Bonchev–Trinajstić information content (AvgIpc) is 2.61. The number of esters is 2. The van der Waals surface area contributed by atoms with Gasteiger partial charge in [0.1, 0.15) is 0 Å². The Labute approximate surface area is 158 Å². The summed E-state index contributed by atoms with van der Waals surface area (Å²) in [6.45, 7) is 1.36. The maximum atomic E-state index is 12.0. The summed E-state index contributed by atoms with van der Waals surface area (Å²) in [6.07, 6.45) is 0. The molecule has 7 heteroatoms. The second kappa shape index (κ2) is 8.61. The van der Waals surface area contributed by atoms with Crippen LogP contribution >= 0.6 is 22.6 Å². The summed E-state index contributed by atoms with van der Waals surface area (Å²) in [7, 11) is 1.28. The van der Waals surface area contributed by atoms with Gasteiger partial charge in [0.25, 0.3) is 5.91 Å². The molecule has 1 N–H and O–H groups in total. The number of nitrogens with one attached hydrogen (secondary N) is 1. The highest BCUT2D eigenvalue weighted by Crippen LogP contribution is 2.17. The van der Waals surface area contributed by atoms with Gasteiger partial charge in [-0.1, -0.05) is 6.07 Å². The lowest BCUT2D eigenvalue weighted by Gasteiger charge is -2.10. The maximum Gasteiger partial charge on any atom is 0.338 e. The lowest BCUT2D eigenvalue weighted by molar-refractivity contribution is -0.119. The van der Waals surface area contributed by atoms with Gasteiger partial charge in [0.2, 0.25) is 0 Å². The van der Waals surface area contributed by atoms with Gasteiger partial charge >= 0.3 is 11.9 Å². The predicted molar refractivity (Wildman–Crippen MR) is 101 cm³/mol. The van der Waals surface area contributed by atoms with Gasteiger partial charge < -0.3 is 14.8 Å². The molecule has 0 saturated heterocycles. The largest absolute Gasteiger partial charge is 0.465 e. The molecule has 0 aliphatic rings. The van der Waals surface area contributed by atoms with Crippen LogP contribution in [0.15, 0.2) is 42.5 Å². The summed E-state index contributed by atoms with van der Waals surface area (Å²) in [5.41, 5.74) is 1.92. The summed E-state index contributed by atoms with van der Waals surface area (Å²) >= 11 is 2.13. The molecule has 0 unspecified atom stereocenters. The Hall–Kier alpha value is -2.42. The van der Waals surface area contributed by atoms with Gasteiger partial charge in [-0.05, 0) is 71.5 Å². The van der Waals surface area contributed by atoms with Gasteiger partial charge in [-0.3, -0.25) is 4.79 Å². The van der Waals surface area contributed by atoms with Crippen molar-refractivity contribution in [1.29, 1.82) is 0 Å². The Bertz CT molecular complexity index is 802. The normalized spacial score (nSPS) is 10.0. The SMILES string of the molecule is COC(=O)c1ccc(C)c(NC(=O)COC(=O)c2ccc(I)cc2)c1. The minimum Gasteiger partial charge on any atom is -0.465 e. The first kappa shape index (κ1) is 18.9. The van der Waals surface area contributed by atoms with E-state index in [2.05, 4.69) is 32.6 Å². The molecule has 0 bridgehead atoms. The molecule has 0 aromatic heterocycles. The van der Waals surface area contributed by atoms with Crippen LogP contribution in [0.4, 0.5) is 5.69 Å². The Morgan fingerprint density at radius 2 is 1.64 bits per heavy atom. The van der Waals surface area contributed by atoms with Crippen LogP contribution in [-0.4, -0.2) is 31.6 Å². The molecule has 0 aliphatic heterocycles. The monoisotopic (exact) mass is 453 g/mol. The van der Waals surface area contributed by atoms with Gasteiger partial charge in [-0.15, -0.1) is 0 Å². The number of hydrogen-bond acceptors (Lipinski definition) is 5. The van der Waals surface area contributed by atoms with Crippen LogP contribution in [0.25, 0.3) is 0 Å². The van der Waals surface area contributed by atoms with Crippen LogP contribution in [0.1, 0.15) is 26.3 Å². The molecule has 6 nitrogen and oxygen atoms in total. The zero-order valence-electron chi connectivity index (χ0n) is 13.7. The minimum atomic E-state index is -0.577. The highest BCUT2D eigenvalue weighted by Gasteiger charge is 2.13. The number of hydrogen-bond donors (Lipinski definition) is 1. The Balaban J connectivity index is 1.97. The van der Waals surface area contributed by atoms with E-state index in [1.54, 1.807) is 43.3 Å². The molecule has 2 rings (SSSR count). The van der Waals surface area contributed by atoms with Crippen LogP contribution in [0.5, 0.6) is 0 Å². The van der Waals surface area contributed by atoms with Gasteiger partial charge in [0.15, 0.2) is 6.61 Å². The van der Waals surface area contributed by atoms with Crippen molar-refractivity contribution in [1.82, 2.24) is 0 Å². The second-order valence-electron chi connectivity index (χ2n) is 5.15. The lowest BCUT2D eigenvalue weighted by Crippen LogP contribution is -2.21. The number of carbonyl (C=O) groups is 3. The summed E-state index contributed by atoms with van der Waals surface area (Å²) in [5, 5.41) is 2.62. The van der Waals surface area contributed by atoms with E-state index in [1.165, 1.54) is 13.2 Å². The predicted octanol–water partition coefficient (Wildman–Crippen LogP) is 3.18. The third-order valence-corrected chi connectivity index (χ3v) is 4.07. The molecular formula is C18H16INO5. The van der Waals surface area contributed by atoms with Crippen LogP contribution in [0, 0.1) is 10.5 Å². The fourth-order valence-electron chi connectivity index (χ4n) is 1.99. The van der Waals surface area contributed by atoms with Crippen molar-refractivity contribution in [2.45, 2.75) is 6.92 Å². The number of methoxy groups -OCH3 is 1. The molecule has 25 heavy (non-hydrogen) atoms. The first-order valence-electron chi connectivity index (χ1n) is 7.32. The van der Waals surface area contributed by atoms with E-state index in [-0.39, 0.29) is 0 Å². The standard InChI is InChI=1S/C18H16INO5/c1-11-3-4-13(17(22)24-2)9-15(11)20-16(21)10-25-18(23)12-5-7-14(19)8-6-12/h3-9H,10H2,1-2H3,(H,20,21). The molecule has 130 valence electrons. The molecular weight excluding hydrogens is 437 g/mol. The Morgan fingerprint density at radius 1 is 1.00 bits per heavy atom. The summed E-state index contributed by atoms with van der Waals surface area (Å²) in [4.78, 5) is 35.4. The molecule has 1 amide bonds. The van der Waals surface area contributed by atoms with Gasteiger partial charge in [0, 0.05) is 9.26 Å². The average molecular weight is 453 g/mol. The summed E-state index contributed by atoms with van der Waals surface area (Å²) in [6, 6.07) is 11.6. The number of anilines is 1. The Kier molecular flexibility index (Phi) is 6.51. The fourth-order valence-corrected chi connectivity index (χ4v) is 2.35. The fraction of sp³-hybridized carbons (Fsp3) is 0.167. The zero-order chi connectivity index (χ0) is 18.4. The van der Waals surface area contributed by atoms with E-state index >= 15 is 0 Å². The van der Waals surface area contributed by atoms with E-state index in [4.69, 9.17) is 4.74 Å². The van der Waals surface area contributed by atoms with E-state index in [9.17, 15) is 14.4 Å². The van der Waals surface area contributed by atoms with Crippen molar-refractivity contribution in [2.24, 2.45) is 0 Å². The number of halogens is 1. The molecule has 0 fully saturated rings. The molecule has 0 spiro atoms. The van der Waals surface area contributed by atoms with Crippen molar-refractivity contribution in [3.63, 3.8) is 0 Å². The Morgan fingerprint density at radius 3 is 2.28 bits per heavy atom. The van der Waals surface area contributed by atoms with Crippen molar-refractivity contribution >= 4 is 46.1 Å². The minimum absolute atomic E-state index is 0.319. The number of ether oxygens (including phenoxy) is 2. The number of rotatable bonds is 5. The molecule has 0 radical (unpaired) electrons. The van der Waals surface area contributed by atoms with Gasteiger partial charge in [-0.2, -0.15) is 0 Å². The summed E-state index contributed by atoms with van der Waals surface area (Å²) < 4.78 is 10.6. The van der Waals surface area contributed by atoms with E-state index < -0.39 is 24.5 Å². The molecule has 0 atom stereocenters. The van der Waals surface area contributed by atoms with Crippen LogP contribution in [0.2, 0.25) is 0 Å². The smallest absolute Gasteiger partial charge is 0.338 e. The zero-order valence-corrected chi connectivity index (χ0v) is 15.8. The molecule has 2 aromatic rings. The third kappa shape index (κ3) is 5.28. The first-order chi connectivity index (χ1) is 11.9. The topological polar surface area (TPSA) is 81.7 Å². The number of carbonyl (C=O) groups excluding carboxylic acids is 3. The van der Waals surface area contributed by atoms with E-state index in [0.29, 0.717) is 16.8 Å². The van der Waals surface area contributed by atoms with Crippen molar-refractivity contribution < 1.29 is 23.9 Å². The molecule has 0 heterocycles. The third-order valence-electron chi connectivity index (χ3n) is 3.35. The number of aryl methyl sites for hydroxylation is 1. The molecule has 0 saturated carbocycles. The molecule has 0 aliphatic carbocycles. The van der Waals surface area contributed by atoms with Crippen LogP contribution < -0.4 is 5.32 Å². The van der Waals surface area contributed by atoms with E-state index in [1.807, 2.05) is 0 Å². The van der Waals surface area contributed by atoms with Crippen molar-refractivity contribution in [3.8, 4) is 0 Å². The quantitative estimate of drug-likeness (QED) is 0.556. The van der Waals surface area contributed by atoms with Gasteiger partial charge in [0.05, 0.1) is 18.2 Å². The van der Waals surface area contributed by atoms with Crippen LogP contribution in [0.3, 0.4) is 0 Å². The van der Waals surface area contributed by atoms with Crippen molar-refractivity contribution in [3.05, 3.63) is 62.7 Å². The first-order valence-corrected chi connectivity index (χ1v) is 8.40. The second-order valence-corrected chi connectivity index (χ2v) is 6.40. The highest BCUT2D eigenvalue weighted by atomic mass is 127. The maximum absolute atomic E-state index is 12.0. The summed E-state index contributed by atoms with van der Waals surface area (Å²) in [5.74, 6) is -1.57. The highest BCUT2D eigenvalue weighted by molar-refractivity contribution is 14.1. The van der Waals surface area contributed by atoms with E-state index in [0.717, 1.165) is 9.13 Å².